The lowest BCUT2D eigenvalue weighted by molar-refractivity contribution is -0.146. The first-order valence-electron chi connectivity index (χ1n) is 8.80. The summed E-state index contributed by atoms with van der Waals surface area (Å²) >= 11 is 3.42. The Morgan fingerprint density at radius 1 is 1.33 bits per heavy atom. The molecule has 0 aliphatic carbocycles. The molecule has 0 saturated carbocycles. The van der Waals surface area contributed by atoms with Crippen LogP contribution in [0.4, 0.5) is 13.2 Å². The normalized spacial score (nSPS) is 18.0. The maximum absolute atomic E-state index is 12.6. The molecule has 1 fully saturated rings. The van der Waals surface area contributed by atoms with Crippen LogP contribution in [0, 0.1) is 5.92 Å². The summed E-state index contributed by atoms with van der Waals surface area (Å²) < 4.78 is 38.9. The van der Waals surface area contributed by atoms with E-state index in [1.165, 1.54) is 4.90 Å². The molecule has 9 heteroatoms. The molecule has 0 bridgehead atoms. The molecule has 1 unspecified atom stereocenters. The zero-order chi connectivity index (χ0) is 19.2. The number of aliphatic imine (C=N–C) groups is 1. The van der Waals surface area contributed by atoms with Crippen molar-refractivity contribution in [2.75, 3.05) is 39.8 Å². The first kappa shape index (κ1) is 24.5. The SMILES string of the molecule is CCN(CC1CCN(C(=NC)NCc2ccc(Br)cc2)C1)CC(F)(F)F.I. The van der Waals surface area contributed by atoms with Crippen LogP contribution in [0.25, 0.3) is 0 Å². The number of alkyl halides is 3. The van der Waals surface area contributed by atoms with Gasteiger partial charge in [-0.3, -0.25) is 9.89 Å². The van der Waals surface area contributed by atoms with Gasteiger partial charge in [-0.25, -0.2) is 0 Å². The lowest BCUT2D eigenvalue weighted by Crippen LogP contribution is -2.41. The van der Waals surface area contributed by atoms with Crippen LogP contribution < -0.4 is 5.32 Å². The fourth-order valence-corrected chi connectivity index (χ4v) is 3.48. The largest absolute Gasteiger partial charge is 0.401 e. The fourth-order valence-electron chi connectivity index (χ4n) is 3.21. The highest BCUT2D eigenvalue weighted by Gasteiger charge is 2.32. The van der Waals surface area contributed by atoms with Crippen LogP contribution in [-0.4, -0.2) is 61.7 Å². The summed E-state index contributed by atoms with van der Waals surface area (Å²) in [7, 11) is 1.74. The number of likely N-dealkylation sites (tertiary alicyclic amines) is 1. The van der Waals surface area contributed by atoms with Crippen molar-refractivity contribution in [2.24, 2.45) is 10.9 Å². The Labute approximate surface area is 184 Å². The van der Waals surface area contributed by atoms with E-state index in [0.717, 1.165) is 35.5 Å². The van der Waals surface area contributed by atoms with Gasteiger partial charge in [0.2, 0.25) is 0 Å². The van der Waals surface area contributed by atoms with Gasteiger partial charge in [-0.05, 0) is 36.6 Å². The summed E-state index contributed by atoms with van der Waals surface area (Å²) in [6, 6.07) is 8.05. The van der Waals surface area contributed by atoms with Gasteiger partial charge in [0, 0.05) is 37.7 Å². The van der Waals surface area contributed by atoms with Crippen molar-refractivity contribution in [3.8, 4) is 0 Å². The Bertz CT molecular complexity index is 595. The highest BCUT2D eigenvalue weighted by atomic mass is 127. The van der Waals surface area contributed by atoms with Crippen molar-refractivity contribution in [3.05, 3.63) is 34.3 Å². The molecule has 1 heterocycles. The molecule has 0 aromatic heterocycles. The van der Waals surface area contributed by atoms with E-state index in [4.69, 9.17) is 0 Å². The molecule has 1 atom stereocenters. The first-order chi connectivity index (χ1) is 12.3. The summed E-state index contributed by atoms with van der Waals surface area (Å²) in [6.45, 7) is 4.02. The lowest BCUT2D eigenvalue weighted by atomic mass is 10.1. The van der Waals surface area contributed by atoms with Crippen LogP contribution in [0.5, 0.6) is 0 Å². The number of halogens is 5. The summed E-state index contributed by atoms with van der Waals surface area (Å²) in [5.74, 6) is 1.03. The quantitative estimate of drug-likeness (QED) is 0.318. The van der Waals surface area contributed by atoms with Gasteiger partial charge in [-0.15, -0.1) is 24.0 Å². The summed E-state index contributed by atoms with van der Waals surface area (Å²) in [5, 5.41) is 3.34. The molecular weight excluding hydrogens is 536 g/mol. The second kappa shape index (κ2) is 11.5. The minimum Gasteiger partial charge on any atom is -0.352 e. The van der Waals surface area contributed by atoms with E-state index in [-0.39, 0.29) is 29.9 Å². The van der Waals surface area contributed by atoms with Gasteiger partial charge in [0.25, 0.3) is 0 Å². The predicted molar refractivity (Wildman–Crippen MR) is 118 cm³/mol. The van der Waals surface area contributed by atoms with E-state index in [1.54, 1.807) is 14.0 Å². The predicted octanol–water partition coefficient (Wildman–Crippen LogP) is 4.35. The Kier molecular flexibility index (Phi) is 10.4. The molecule has 1 aromatic rings. The maximum Gasteiger partial charge on any atom is 0.401 e. The molecule has 1 N–H and O–H groups in total. The Morgan fingerprint density at radius 3 is 2.56 bits per heavy atom. The standard InChI is InChI=1S/C18H26BrF3N4.HI/c1-3-25(13-18(20,21)22)11-15-8-9-26(12-15)17(23-2)24-10-14-4-6-16(19)7-5-14;/h4-7,15H,3,8-13H2,1-2H3,(H,23,24);1H. The van der Waals surface area contributed by atoms with E-state index >= 15 is 0 Å². The summed E-state index contributed by atoms with van der Waals surface area (Å²) in [6.07, 6.45) is -3.26. The number of nitrogens with zero attached hydrogens (tertiary/aromatic N) is 3. The van der Waals surface area contributed by atoms with E-state index in [0.29, 0.717) is 19.6 Å². The molecule has 1 aliphatic heterocycles. The molecule has 4 nitrogen and oxygen atoms in total. The van der Waals surface area contributed by atoms with E-state index in [9.17, 15) is 13.2 Å². The van der Waals surface area contributed by atoms with Gasteiger partial charge in [0.1, 0.15) is 0 Å². The van der Waals surface area contributed by atoms with Gasteiger partial charge in [0.15, 0.2) is 5.96 Å². The zero-order valence-corrected chi connectivity index (χ0v) is 19.5. The second-order valence-electron chi connectivity index (χ2n) is 6.57. The molecule has 1 aromatic carbocycles. The number of rotatable bonds is 6. The van der Waals surface area contributed by atoms with Gasteiger partial charge < -0.3 is 10.2 Å². The van der Waals surface area contributed by atoms with Crippen molar-refractivity contribution in [2.45, 2.75) is 26.1 Å². The lowest BCUT2D eigenvalue weighted by Gasteiger charge is -2.26. The van der Waals surface area contributed by atoms with Crippen molar-refractivity contribution in [3.63, 3.8) is 0 Å². The van der Waals surface area contributed by atoms with Crippen LogP contribution >= 0.6 is 39.9 Å². The molecule has 0 spiro atoms. The van der Waals surface area contributed by atoms with Crippen LogP contribution in [0.2, 0.25) is 0 Å². The number of hydrogen-bond donors (Lipinski definition) is 1. The van der Waals surface area contributed by atoms with Crippen LogP contribution in [-0.2, 0) is 6.54 Å². The smallest absolute Gasteiger partial charge is 0.352 e. The monoisotopic (exact) mass is 562 g/mol. The summed E-state index contributed by atoms with van der Waals surface area (Å²) in [5.41, 5.74) is 1.15. The maximum atomic E-state index is 12.6. The zero-order valence-electron chi connectivity index (χ0n) is 15.6. The van der Waals surface area contributed by atoms with Gasteiger partial charge in [-0.1, -0.05) is 35.0 Å². The third-order valence-corrected chi connectivity index (χ3v) is 5.06. The fraction of sp³-hybridized carbons (Fsp3) is 0.611. The van der Waals surface area contributed by atoms with Crippen LogP contribution in [0.15, 0.2) is 33.7 Å². The molecule has 0 radical (unpaired) electrons. The molecule has 2 rings (SSSR count). The third kappa shape index (κ3) is 8.55. The topological polar surface area (TPSA) is 30.9 Å². The van der Waals surface area contributed by atoms with Crippen LogP contribution in [0.1, 0.15) is 18.9 Å². The van der Waals surface area contributed by atoms with Crippen LogP contribution in [0.3, 0.4) is 0 Å². The Hall–Kier alpha value is -0.550. The highest BCUT2D eigenvalue weighted by Crippen LogP contribution is 2.21. The van der Waals surface area contributed by atoms with Gasteiger partial charge in [0.05, 0.1) is 6.54 Å². The van der Waals surface area contributed by atoms with E-state index in [1.807, 2.05) is 24.3 Å². The van der Waals surface area contributed by atoms with Crippen molar-refractivity contribution in [1.82, 2.24) is 15.1 Å². The minimum absolute atomic E-state index is 0. The molecule has 1 saturated heterocycles. The number of nitrogens with one attached hydrogen (secondary N) is 1. The average molecular weight is 563 g/mol. The van der Waals surface area contributed by atoms with Crippen molar-refractivity contribution >= 4 is 45.9 Å². The van der Waals surface area contributed by atoms with Crippen molar-refractivity contribution in [1.29, 1.82) is 0 Å². The summed E-state index contributed by atoms with van der Waals surface area (Å²) in [4.78, 5) is 7.93. The van der Waals surface area contributed by atoms with Crippen molar-refractivity contribution < 1.29 is 13.2 Å². The number of guanidine groups is 1. The Balaban J connectivity index is 0.00000364. The van der Waals surface area contributed by atoms with Gasteiger partial charge >= 0.3 is 6.18 Å². The van der Waals surface area contributed by atoms with E-state index in [2.05, 4.69) is 31.1 Å². The minimum atomic E-state index is -4.14. The number of hydrogen-bond acceptors (Lipinski definition) is 2. The van der Waals surface area contributed by atoms with Gasteiger partial charge in [-0.2, -0.15) is 13.2 Å². The molecule has 0 amide bonds. The third-order valence-electron chi connectivity index (χ3n) is 4.53. The molecule has 1 aliphatic rings. The average Bonchev–Trinajstić information content (AvgIpc) is 3.03. The Morgan fingerprint density at radius 2 is 2.00 bits per heavy atom. The first-order valence-corrected chi connectivity index (χ1v) is 9.59. The number of benzene rings is 1. The second-order valence-corrected chi connectivity index (χ2v) is 7.49. The highest BCUT2D eigenvalue weighted by molar-refractivity contribution is 14.0. The molecule has 27 heavy (non-hydrogen) atoms. The molecular formula is C18H27BrF3IN4. The van der Waals surface area contributed by atoms with E-state index < -0.39 is 12.7 Å². The molecule has 154 valence electrons.